The first kappa shape index (κ1) is 14.1. The van der Waals surface area contributed by atoms with Gasteiger partial charge in [-0.05, 0) is 4.92 Å². The molecule has 3 rings (SSSR count). The molecule has 0 amide bonds. The maximum absolute atomic E-state index is 11.4. The van der Waals surface area contributed by atoms with Crippen LogP contribution in [-0.4, -0.2) is 49.5 Å². The van der Waals surface area contributed by atoms with Crippen molar-refractivity contribution in [3.8, 4) is 0 Å². The Morgan fingerprint density at radius 1 is 1.62 bits per heavy atom. The van der Waals surface area contributed by atoms with Crippen LogP contribution in [0.15, 0.2) is 11.6 Å². The highest BCUT2D eigenvalue weighted by Gasteiger charge is 2.34. The summed E-state index contributed by atoms with van der Waals surface area (Å²) in [6.07, 6.45) is 1.56. The van der Waals surface area contributed by atoms with Crippen LogP contribution in [0, 0.1) is 10.1 Å². The van der Waals surface area contributed by atoms with Crippen LogP contribution in [0.5, 0.6) is 0 Å². The highest BCUT2D eigenvalue weighted by atomic mass is 32.2. The zero-order valence-corrected chi connectivity index (χ0v) is 12.5. The molecule has 0 radical (unpaired) electrons. The van der Waals surface area contributed by atoms with Gasteiger partial charge in [0.05, 0.1) is 12.5 Å². The summed E-state index contributed by atoms with van der Waals surface area (Å²) in [5.41, 5.74) is 0. The van der Waals surface area contributed by atoms with Crippen LogP contribution >= 0.6 is 23.1 Å². The normalized spacial score (nSPS) is 19.0. The van der Waals surface area contributed by atoms with Crippen LogP contribution in [0.25, 0.3) is 4.96 Å². The Kier molecular flexibility index (Phi) is 3.72. The summed E-state index contributed by atoms with van der Waals surface area (Å²) in [4.78, 5) is 28.6. The Bertz CT molecular complexity index is 698. The summed E-state index contributed by atoms with van der Waals surface area (Å²) < 4.78 is 1.44. The van der Waals surface area contributed by atoms with Gasteiger partial charge in [-0.1, -0.05) is 11.3 Å². The Morgan fingerprint density at radius 3 is 3.14 bits per heavy atom. The van der Waals surface area contributed by atoms with E-state index in [1.165, 1.54) is 15.7 Å². The summed E-state index contributed by atoms with van der Waals surface area (Å²) >= 11 is 2.98. The van der Waals surface area contributed by atoms with E-state index >= 15 is 0 Å². The number of thioether (sulfide) groups is 1. The fraction of sp³-hybridized carbons (Fsp3) is 0.455. The van der Waals surface area contributed by atoms with Crippen molar-refractivity contribution in [1.82, 2.24) is 9.38 Å². The fourth-order valence-electron chi connectivity index (χ4n) is 2.43. The average molecular weight is 328 g/mol. The van der Waals surface area contributed by atoms with Crippen LogP contribution in [0.3, 0.4) is 0 Å². The smallest absolute Gasteiger partial charge is 0.373 e. The molecule has 1 saturated heterocycles. The van der Waals surface area contributed by atoms with Crippen molar-refractivity contribution < 1.29 is 14.8 Å². The predicted molar refractivity (Wildman–Crippen MR) is 80.4 cm³/mol. The van der Waals surface area contributed by atoms with Gasteiger partial charge in [0.15, 0.2) is 0 Å². The summed E-state index contributed by atoms with van der Waals surface area (Å²) in [5.74, 6) is 0.718. The van der Waals surface area contributed by atoms with Crippen LogP contribution in [0.2, 0.25) is 0 Å². The number of nitro groups is 1. The molecule has 2 aromatic heterocycles. The second-order valence-electron chi connectivity index (χ2n) is 4.59. The van der Waals surface area contributed by atoms with Gasteiger partial charge in [-0.25, -0.2) is 0 Å². The molecule has 0 spiro atoms. The van der Waals surface area contributed by atoms with E-state index in [2.05, 4.69) is 4.98 Å². The number of aromatic nitrogens is 2. The van der Waals surface area contributed by atoms with Crippen molar-refractivity contribution in [2.75, 3.05) is 23.0 Å². The second kappa shape index (κ2) is 5.53. The summed E-state index contributed by atoms with van der Waals surface area (Å²) in [6.45, 7) is 0.564. The van der Waals surface area contributed by atoms with E-state index in [0.29, 0.717) is 17.3 Å². The van der Waals surface area contributed by atoms with Crippen molar-refractivity contribution in [2.24, 2.45) is 0 Å². The maximum atomic E-state index is 11.4. The van der Waals surface area contributed by atoms with Crippen molar-refractivity contribution in [2.45, 2.75) is 12.5 Å². The molecule has 1 atom stereocenters. The predicted octanol–water partition coefficient (Wildman–Crippen LogP) is 1.70. The van der Waals surface area contributed by atoms with E-state index in [-0.39, 0.29) is 24.1 Å². The summed E-state index contributed by atoms with van der Waals surface area (Å²) in [6, 6.07) is -0.274. The zero-order valence-electron chi connectivity index (χ0n) is 10.8. The lowest BCUT2D eigenvalue weighted by atomic mass is 10.2. The quantitative estimate of drug-likeness (QED) is 0.673. The molecule has 112 valence electrons. The monoisotopic (exact) mass is 328 g/mol. The van der Waals surface area contributed by atoms with Crippen molar-refractivity contribution in [3.05, 3.63) is 21.7 Å². The number of aliphatic carboxylic acids is 1. The number of carboxylic acids is 1. The molecule has 0 aliphatic carbocycles. The Labute approximate surface area is 127 Å². The molecular formula is C11H12N4O4S2. The van der Waals surface area contributed by atoms with Gasteiger partial charge in [-0.3, -0.25) is 4.79 Å². The third-order valence-corrected chi connectivity index (χ3v) is 5.15. The van der Waals surface area contributed by atoms with Gasteiger partial charge in [0, 0.05) is 23.4 Å². The molecule has 1 unspecified atom stereocenters. The summed E-state index contributed by atoms with van der Waals surface area (Å²) in [7, 11) is 0. The van der Waals surface area contributed by atoms with E-state index in [9.17, 15) is 14.9 Å². The molecule has 1 fully saturated rings. The lowest BCUT2D eigenvalue weighted by molar-refractivity contribution is -0.389. The number of hydrogen-bond donors (Lipinski definition) is 1. The minimum absolute atomic E-state index is 0.0463. The van der Waals surface area contributed by atoms with Gasteiger partial charge in [0.1, 0.15) is 6.20 Å². The first-order chi connectivity index (χ1) is 10.1. The maximum Gasteiger partial charge on any atom is 0.373 e. The fourth-order valence-corrected chi connectivity index (χ4v) is 4.20. The number of fused-ring (bicyclic) bond motifs is 1. The Balaban J connectivity index is 2.04. The third kappa shape index (κ3) is 2.56. The van der Waals surface area contributed by atoms with Gasteiger partial charge < -0.3 is 20.1 Å². The zero-order chi connectivity index (χ0) is 15.0. The number of imidazole rings is 1. The topological polar surface area (TPSA) is 101 Å². The van der Waals surface area contributed by atoms with Crippen LogP contribution < -0.4 is 4.90 Å². The number of hydrogen-bond acceptors (Lipinski definition) is 7. The minimum Gasteiger partial charge on any atom is -0.481 e. The molecule has 1 aliphatic rings. The highest BCUT2D eigenvalue weighted by Crippen LogP contribution is 2.34. The van der Waals surface area contributed by atoms with Crippen LogP contribution in [0.1, 0.15) is 6.42 Å². The van der Waals surface area contributed by atoms with Crippen molar-refractivity contribution in [3.63, 3.8) is 0 Å². The number of thiazole rings is 1. The number of rotatable bonds is 4. The third-order valence-electron chi connectivity index (χ3n) is 3.30. The first-order valence-corrected chi connectivity index (χ1v) is 8.27. The largest absolute Gasteiger partial charge is 0.481 e. The second-order valence-corrected chi connectivity index (χ2v) is 6.61. The van der Waals surface area contributed by atoms with Gasteiger partial charge >= 0.3 is 11.8 Å². The molecule has 2 aromatic rings. The van der Waals surface area contributed by atoms with Gasteiger partial charge in [-0.15, -0.1) is 0 Å². The van der Waals surface area contributed by atoms with Crippen molar-refractivity contribution in [1.29, 1.82) is 0 Å². The lowest BCUT2D eigenvalue weighted by Crippen LogP contribution is -2.44. The number of anilines is 1. The van der Waals surface area contributed by atoms with E-state index in [1.54, 1.807) is 28.2 Å². The average Bonchev–Trinajstić information content (AvgIpc) is 2.97. The summed E-state index contributed by atoms with van der Waals surface area (Å²) in [5, 5.41) is 22.1. The van der Waals surface area contributed by atoms with Gasteiger partial charge in [-0.2, -0.15) is 21.1 Å². The van der Waals surface area contributed by atoms with Crippen molar-refractivity contribution >= 4 is 45.7 Å². The van der Waals surface area contributed by atoms with Gasteiger partial charge in [0.25, 0.3) is 4.96 Å². The molecular weight excluding hydrogens is 316 g/mol. The van der Waals surface area contributed by atoms with E-state index in [1.807, 2.05) is 0 Å². The van der Waals surface area contributed by atoms with E-state index in [0.717, 1.165) is 5.75 Å². The molecule has 8 nitrogen and oxygen atoms in total. The SMILES string of the molecule is O=C(O)CC1CSCCN1c1nc2sccn2c1[N+](=O)[O-]. The number of carboxylic acid groups (broad SMARTS) is 1. The number of carbonyl (C=O) groups is 1. The van der Waals surface area contributed by atoms with E-state index < -0.39 is 10.9 Å². The molecule has 10 heteroatoms. The Morgan fingerprint density at radius 2 is 2.43 bits per heavy atom. The lowest BCUT2D eigenvalue weighted by Gasteiger charge is -2.34. The number of nitrogens with zero attached hydrogens (tertiary/aromatic N) is 4. The molecule has 3 heterocycles. The van der Waals surface area contributed by atoms with Gasteiger partial charge in [0.2, 0.25) is 5.82 Å². The van der Waals surface area contributed by atoms with Crippen LogP contribution in [-0.2, 0) is 4.79 Å². The molecule has 21 heavy (non-hydrogen) atoms. The standard InChI is InChI=1S/C11H12N4O4S2/c16-8(17)5-7-6-20-3-1-13(7)9-10(15(18)19)14-2-4-21-11(14)12-9/h2,4,7H,1,3,5-6H2,(H,16,17). The minimum atomic E-state index is -0.906. The molecule has 0 saturated carbocycles. The Hall–Kier alpha value is -1.81. The molecule has 1 N–H and O–H groups in total. The highest BCUT2D eigenvalue weighted by molar-refractivity contribution is 7.99. The molecule has 0 bridgehead atoms. The van der Waals surface area contributed by atoms with E-state index in [4.69, 9.17) is 5.11 Å². The molecule has 0 aromatic carbocycles. The van der Waals surface area contributed by atoms with Crippen LogP contribution in [0.4, 0.5) is 11.6 Å². The first-order valence-electron chi connectivity index (χ1n) is 6.24. The molecule has 1 aliphatic heterocycles.